The Bertz CT molecular complexity index is 3440. The zero-order valence-corrected chi connectivity index (χ0v) is 57.8. The third-order valence-electron chi connectivity index (χ3n) is 16.5. The number of benzene rings is 4. The van der Waals surface area contributed by atoms with Crippen LogP contribution in [0.4, 0.5) is 0 Å². The lowest BCUT2D eigenvalue weighted by atomic mass is 10.00. The molecule has 0 fully saturated rings. The van der Waals surface area contributed by atoms with E-state index < -0.39 is 150 Å². The van der Waals surface area contributed by atoms with E-state index in [1.54, 1.807) is 122 Å². The van der Waals surface area contributed by atoms with Crippen molar-refractivity contribution in [3.63, 3.8) is 0 Å². The summed E-state index contributed by atoms with van der Waals surface area (Å²) >= 11 is 8.33. The molecule has 1 heterocycles. The van der Waals surface area contributed by atoms with Crippen molar-refractivity contribution in [2.24, 2.45) is 11.5 Å². The summed E-state index contributed by atoms with van der Waals surface area (Å²) < 4.78 is 0. The molecular formula is C69H96N14O14S2. The molecule has 99 heavy (non-hydrogen) atoms. The highest BCUT2D eigenvalue weighted by atomic mass is 32.1. The van der Waals surface area contributed by atoms with Gasteiger partial charge in [0.25, 0.3) is 0 Å². The number of hydrogen-bond acceptors (Lipinski definition) is 20. The number of likely N-dealkylation sites (N-methyl/N-ethyl adjacent to an activating group) is 2. The van der Waals surface area contributed by atoms with Gasteiger partial charge in [0.15, 0.2) is 0 Å². The second kappa shape index (κ2) is 42.4. The van der Waals surface area contributed by atoms with Crippen LogP contribution >= 0.6 is 25.3 Å². The topological polar surface area (TPSA) is 449 Å². The molecule has 4 aromatic carbocycles. The van der Waals surface area contributed by atoms with E-state index >= 15 is 9.59 Å². The minimum Gasteiger partial charge on any atom is -0.394 e. The maximum atomic E-state index is 15.2. The van der Waals surface area contributed by atoms with Crippen LogP contribution in [-0.2, 0) is 78.4 Å². The van der Waals surface area contributed by atoms with Gasteiger partial charge in [-0.1, -0.05) is 109 Å². The molecule has 0 radical (unpaired) electrons. The van der Waals surface area contributed by atoms with Gasteiger partial charge in [-0.2, -0.15) is 25.3 Å². The van der Waals surface area contributed by atoms with Gasteiger partial charge in [0.1, 0.15) is 54.4 Å². The Balaban J connectivity index is 1.47. The molecule has 3 unspecified atom stereocenters. The molecule has 19 N–H and O–H groups in total. The second-order valence-electron chi connectivity index (χ2n) is 24.0. The first kappa shape index (κ1) is 81.1. The predicted octanol–water partition coefficient (Wildman–Crippen LogP) is -2.01. The first-order chi connectivity index (χ1) is 47.5. The van der Waals surface area contributed by atoms with Gasteiger partial charge in [-0.15, -0.1) is 0 Å². The van der Waals surface area contributed by atoms with E-state index in [0.29, 0.717) is 59.0 Å². The number of H-pyrrole nitrogens is 1. The minimum atomic E-state index is -1.84. The van der Waals surface area contributed by atoms with Crippen molar-refractivity contribution in [1.82, 2.24) is 63.5 Å². The van der Waals surface area contributed by atoms with Crippen LogP contribution in [0.2, 0.25) is 0 Å². The van der Waals surface area contributed by atoms with Gasteiger partial charge in [-0.05, 0) is 108 Å². The summed E-state index contributed by atoms with van der Waals surface area (Å²) in [6.45, 7) is 1.81. The number of fused-ring (bicyclic) bond motifs is 1. The van der Waals surface area contributed by atoms with Crippen LogP contribution in [0.25, 0.3) is 10.9 Å². The highest BCUT2D eigenvalue weighted by molar-refractivity contribution is 7.80. The monoisotopic (exact) mass is 1410 g/mol. The van der Waals surface area contributed by atoms with E-state index in [0.717, 1.165) is 6.92 Å². The van der Waals surface area contributed by atoms with E-state index in [2.05, 4.69) is 88.7 Å². The highest BCUT2D eigenvalue weighted by Crippen LogP contribution is 2.21. The fourth-order valence-corrected chi connectivity index (χ4v) is 11.5. The molecule has 5 aromatic rings. The number of ketones is 2. The van der Waals surface area contributed by atoms with Crippen LogP contribution in [-0.4, -0.2) is 209 Å². The smallest absolute Gasteiger partial charge is 0.245 e. The number of aliphatic hydroxyl groups is 3. The number of nitrogens with two attached hydrogens (primary N) is 2. The first-order valence-electron chi connectivity index (χ1n) is 32.9. The van der Waals surface area contributed by atoms with Crippen LogP contribution in [0.15, 0.2) is 121 Å². The van der Waals surface area contributed by atoms with Gasteiger partial charge in [-0.3, -0.25) is 52.7 Å². The number of nitrogens with one attached hydrogen (secondary N) is 12. The molecular weight excluding hydrogens is 1310 g/mol. The number of para-hydroxylation sites is 1. The van der Waals surface area contributed by atoms with Crippen molar-refractivity contribution in [1.29, 1.82) is 0 Å². The Morgan fingerprint density at radius 3 is 1.11 bits per heavy atom. The maximum Gasteiger partial charge on any atom is 0.245 e. The lowest BCUT2D eigenvalue weighted by Crippen LogP contribution is -2.63. The number of thiol groups is 2. The zero-order valence-electron chi connectivity index (χ0n) is 56.0. The van der Waals surface area contributed by atoms with Crippen molar-refractivity contribution in [3.05, 3.63) is 144 Å². The van der Waals surface area contributed by atoms with Crippen LogP contribution < -0.4 is 70.0 Å². The van der Waals surface area contributed by atoms with Crippen molar-refractivity contribution < 1.29 is 68.1 Å². The number of aliphatic hydroxyl groups excluding tert-OH is 3. The lowest BCUT2D eigenvalue weighted by molar-refractivity contribution is -0.141. The number of unbranched alkanes of at least 4 members (excludes halogenated alkanes) is 2. The Labute approximate surface area is 586 Å². The summed E-state index contributed by atoms with van der Waals surface area (Å²) in [5.74, 6) is -10.2. The van der Waals surface area contributed by atoms with Gasteiger partial charge in [0, 0.05) is 54.3 Å². The van der Waals surface area contributed by atoms with Gasteiger partial charge in [0.05, 0.1) is 30.9 Å². The molecule has 538 valence electrons. The fourth-order valence-electron chi connectivity index (χ4n) is 10.8. The van der Waals surface area contributed by atoms with E-state index in [1.807, 2.05) is 6.07 Å². The zero-order chi connectivity index (χ0) is 72.6. The van der Waals surface area contributed by atoms with Crippen molar-refractivity contribution in [3.8, 4) is 0 Å². The Hall–Kier alpha value is -8.59. The summed E-state index contributed by atoms with van der Waals surface area (Å²) in [5, 5.41) is 62.0. The fraction of sp³-hybridized carbons (Fsp3) is 0.464. The van der Waals surface area contributed by atoms with Crippen molar-refractivity contribution in [2.45, 2.75) is 157 Å². The third kappa shape index (κ3) is 25.6. The third-order valence-corrected chi connectivity index (χ3v) is 17.2. The molecule has 9 amide bonds. The average molecular weight is 1410 g/mol. The number of amides is 9. The number of aromatic nitrogens is 1. The van der Waals surface area contributed by atoms with Crippen LogP contribution in [0.5, 0.6) is 0 Å². The van der Waals surface area contributed by atoms with Gasteiger partial charge in [0.2, 0.25) is 64.7 Å². The molecule has 0 bridgehead atoms. The highest BCUT2D eigenvalue weighted by Gasteiger charge is 2.39. The number of rotatable bonds is 44. The molecule has 0 aliphatic carbocycles. The van der Waals surface area contributed by atoms with Crippen LogP contribution in [0, 0.1) is 0 Å². The summed E-state index contributed by atoms with van der Waals surface area (Å²) in [5.41, 5.74) is 14.7. The van der Waals surface area contributed by atoms with Crippen molar-refractivity contribution in [2.75, 3.05) is 45.3 Å². The quantitative estimate of drug-likeness (QED) is 0.0114. The summed E-state index contributed by atoms with van der Waals surface area (Å²) in [6.07, 6.45) is -0.630. The Morgan fingerprint density at radius 1 is 0.404 bits per heavy atom. The molecule has 0 saturated carbocycles. The summed E-state index contributed by atoms with van der Waals surface area (Å²) in [6, 6.07) is 17.2. The van der Waals surface area contributed by atoms with Gasteiger partial charge < -0.3 is 90.3 Å². The van der Waals surface area contributed by atoms with Crippen LogP contribution in [0.1, 0.15) is 74.6 Å². The second-order valence-corrected chi connectivity index (χ2v) is 24.8. The molecule has 28 nitrogen and oxygen atoms in total. The van der Waals surface area contributed by atoms with E-state index in [-0.39, 0.29) is 63.0 Å². The molecule has 0 aliphatic rings. The van der Waals surface area contributed by atoms with E-state index in [4.69, 9.17) is 11.5 Å². The molecule has 0 spiro atoms. The Kier molecular flexibility index (Phi) is 34.7. The van der Waals surface area contributed by atoms with E-state index in [1.165, 1.54) is 14.0 Å². The molecule has 0 saturated heterocycles. The Morgan fingerprint density at radius 2 is 0.727 bits per heavy atom. The summed E-state index contributed by atoms with van der Waals surface area (Å²) in [7, 11) is 2.99. The lowest BCUT2D eigenvalue weighted by Gasteiger charge is -2.29. The number of carbonyl (C=O) groups excluding carboxylic acids is 11. The molecule has 13 atom stereocenters. The molecule has 30 heteroatoms. The molecule has 5 rings (SSSR count). The van der Waals surface area contributed by atoms with Crippen LogP contribution in [0.3, 0.4) is 0 Å². The van der Waals surface area contributed by atoms with Gasteiger partial charge in [-0.25, -0.2) is 0 Å². The standard InChI is InChI=1S/C69H96N14O14S2/c1-40(85)57(68(96)80-52(34-44-24-12-7-13-25-44)66(94)83-58(41(2)86)69(97)81-54(37-84)59(87)60(88)55(38-98)72-3)82-62(90)49(29-17-19-31-71)75-65(93)53(35-45-36-74-47-27-15-14-26-46(45)47)79-64(92)51(33-43-22-10-6-11-23-43)78-63(91)50(32-42-20-8-5-9-21-42)77-61(89)48(28-16-18-30-70)76-67(95)56(39-99)73-4/h5-15,20-27,36,40-41,48-58,72-74,84-86,98-99H,16-19,28-35,37-39,70-71H2,1-4H3,(H,75,93)(H,76,95)(H,77,89)(H,78,91)(H,79,92)(H,80,96)(H,81,97)(H,82,90)(H,83,94)/t40-,41-,48+,49+,50?,51+,52+,53?,54+,55+,56?,57+,58+/m1/s1. The number of hydrogen-bond donors (Lipinski definition) is 19. The predicted molar refractivity (Wildman–Crippen MR) is 379 cm³/mol. The minimum absolute atomic E-state index is 0.0539. The normalized spacial score (nSPS) is 15.2. The molecule has 0 aliphatic heterocycles. The maximum absolute atomic E-state index is 15.2. The number of carbonyl (C=O) groups is 11. The van der Waals surface area contributed by atoms with E-state index in [9.17, 15) is 58.5 Å². The number of aromatic amines is 1. The SMILES string of the molecule is CNC(CS)C(=O)N[C@@H](CCCCN)C(=O)NC(Cc1ccccc1)C(=O)N[C@@H](Cc1ccccc1)C(=O)NC(Cc1c[nH]c2ccccc12)C(=O)N[C@@H](CCCCN)C(=O)N[C@H](C(=O)N[C@@H](Cc1ccccc1)C(=O)N[C@H](C(=O)N[C@@H](CO)C(=O)C(=O)[C@H](CS)NC)[C@@H](C)O)[C@@H](C)O. The number of Topliss-reactive ketones (excluding diaryl/α,β-unsaturated/α-hetero) is 2. The molecule has 1 aromatic heterocycles. The van der Waals surface area contributed by atoms with Gasteiger partial charge >= 0.3 is 0 Å². The van der Waals surface area contributed by atoms with Crippen molar-refractivity contribution >= 4 is 101 Å². The summed E-state index contributed by atoms with van der Waals surface area (Å²) in [4.78, 5) is 159. The average Bonchev–Trinajstić information content (AvgIpc) is 1.77. The largest absolute Gasteiger partial charge is 0.394 e. The first-order valence-corrected chi connectivity index (χ1v) is 34.2.